The lowest BCUT2D eigenvalue weighted by Gasteiger charge is -2.23. The molecule has 0 spiro atoms. The fourth-order valence-electron chi connectivity index (χ4n) is 5.00. The quantitative estimate of drug-likeness (QED) is 0.524. The average molecular weight is 448 g/mol. The zero-order valence-electron chi connectivity index (χ0n) is 18.8. The number of hydrogen-bond acceptors (Lipinski definition) is 3. The van der Waals surface area contributed by atoms with E-state index in [-0.39, 0.29) is 16.8 Å². The number of para-hydroxylation sites is 1. The summed E-state index contributed by atoms with van der Waals surface area (Å²) in [7, 11) is 1.87. The normalized spacial score (nSPS) is 22.5. The second kappa shape index (κ2) is 8.32. The maximum Gasteiger partial charge on any atom is 0.295 e. The lowest BCUT2D eigenvalue weighted by atomic mass is 10.0. The zero-order valence-corrected chi connectivity index (χ0v) is 19.6. The van der Waals surface area contributed by atoms with Crippen LogP contribution in [0.25, 0.3) is 5.69 Å². The van der Waals surface area contributed by atoms with E-state index in [4.69, 9.17) is 0 Å². The van der Waals surface area contributed by atoms with Gasteiger partial charge < -0.3 is 0 Å². The van der Waals surface area contributed by atoms with Crippen LogP contribution in [-0.4, -0.2) is 21.0 Å². The molecule has 32 heavy (non-hydrogen) atoms. The van der Waals surface area contributed by atoms with Gasteiger partial charge in [-0.05, 0) is 48.4 Å². The van der Waals surface area contributed by atoms with Crippen LogP contribution in [0.15, 0.2) is 59.4 Å². The summed E-state index contributed by atoms with van der Waals surface area (Å²) in [5.74, 6) is 1.88. The molecule has 1 aromatic heterocycles. The molecule has 3 aromatic rings. The van der Waals surface area contributed by atoms with Crippen molar-refractivity contribution < 1.29 is 4.79 Å². The molecule has 1 amide bonds. The van der Waals surface area contributed by atoms with Crippen LogP contribution in [-0.2, 0) is 11.8 Å². The highest BCUT2D eigenvalue weighted by molar-refractivity contribution is 8.00. The predicted molar refractivity (Wildman–Crippen MR) is 131 cm³/mol. The lowest BCUT2D eigenvalue weighted by molar-refractivity contribution is -0.115. The van der Waals surface area contributed by atoms with E-state index in [1.807, 2.05) is 49.0 Å². The number of nitrogens with zero attached hydrogens (tertiary/aromatic N) is 3. The third-order valence-electron chi connectivity index (χ3n) is 6.86. The molecule has 2 aliphatic rings. The van der Waals surface area contributed by atoms with Gasteiger partial charge in [0.2, 0.25) is 5.91 Å². The Morgan fingerprint density at radius 2 is 1.69 bits per heavy atom. The van der Waals surface area contributed by atoms with Gasteiger partial charge in [-0.1, -0.05) is 62.2 Å². The van der Waals surface area contributed by atoms with Crippen molar-refractivity contribution in [2.75, 3.05) is 10.7 Å². The van der Waals surface area contributed by atoms with E-state index < -0.39 is 0 Å². The minimum Gasteiger partial charge on any atom is -0.288 e. The number of amides is 1. The first kappa shape index (κ1) is 21.1. The van der Waals surface area contributed by atoms with Gasteiger partial charge in [-0.15, -0.1) is 11.8 Å². The summed E-state index contributed by atoms with van der Waals surface area (Å²) < 4.78 is 3.48. The molecule has 0 N–H and O–H groups in total. The van der Waals surface area contributed by atoms with Gasteiger partial charge in [0, 0.05) is 7.05 Å². The first-order chi connectivity index (χ1) is 15.5. The highest BCUT2D eigenvalue weighted by Gasteiger charge is 2.39. The van der Waals surface area contributed by atoms with Gasteiger partial charge >= 0.3 is 0 Å². The summed E-state index contributed by atoms with van der Waals surface area (Å²) in [6.07, 6.45) is 3.83. The van der Waals surface area contributed by atoms with Crippen LogP contribution in [0, 0.1) is 12.8 Å². The van der Waals surface area contributed by atoms with Crippen LogP contribution < -0.4 is 10.5 Å². The standard InChI is InChI=1S/C26H29N3O2S/c1-4-8-20-15-22(20)18-11-13-19(14-12-18)26-28(23(30)16-32-26)24-17(2)27(3)29(25(24)31)21-9-6-5-7-10-21/h5-7,9-14,20,22,26H,4,8,15-16H2,1-3H3. The lowest BCUT2D eigenvalue weighted by Crippen LogP contribution is -2.33. The first-order valence-electron chi connectivity index (χ1n) is 11.4. The molecular weight excluding hydrogens is 418 g/mol. The number of carbonyl (C=O) groups excluding carboxylic acids is 1. The van der Waals surface area contributed by atoms with Crippen molar-refractivity contribution in [3.8, 4) is 5.69 Å². The topological polar surface area (TPSA) is 47.2 Å². The van der Waals surface area contributed by atoms with Crippen LogP contribution in [0.2, 0.25) is 0 Å². The molecule has 1 aliphatic heterocycles. The fraction of sp³-hybridized carbons (Fsp3) is 0.385. The number of hydrogen-bond donors (Lipinski definition) is 0. The molecule has 2 heterocycles. The number of aromatic nitrogens is 2. The van der Waals surface area contributed by atoms with Gasteiger partial charge in [-0.3, -0.25) is 19.2 Å². The van der Waals surface area contributed by atoms with Crippen LogP contribution in [0.3, 0.4) is 0 Å². The number of thioether (sulfide) groups is 1. The molecule has 2 aromatic carbocycles. The van der Waals surface area contributed by atoms with E-state index in [1.54, 1.807) is 21.3 Å². The molecule has 1 saturated carbocycles. The minimum absolute atomic E-state index is 0.0136. The Morgan fingerprint density at radius 1 is 1.00 bits per heavy atom. The molecule has 3 atom stereocenters. The molecule has 1 aliphatic carbocycles. The van der Waals surface area contributed by atoms with Crippen molar-refractivity contribution >= 4 is 23.4 Å². The van der Waals surface area contributed by atoms with Gasteiger partial charge in [-0.2, -0.15) is 0 Å². The third kappa shape index (κ3) is 3.51. The Hall–Kier alpha value is -2.73. The van der Waals surface area contributed by atoms with Gasteiger partial charge in [0.1, 0.15) is 11.1 Å². The molecule has 166 valence electrons. The summed E-state index contributed by atoms with van der Waals surface area (Å²) in [6, 6.07) is 18.3. The Balaban J connectivity index is 1.49. The van der Waals surface area contributed by atoms with E-state index in [9.17, 15) is 9.59 Å². The van der Waals surface area contributed by atoms with E-state index in [0.717, 1.165) is 22.9 Å². The summed E-state index contributed by atoms with van der Waals surface area (Å²) in [5.41, 5.74) is 4.37. The first-order valence-corrected chi connectivity index (χ1v) is 12.4. The summed E-state index contributed by atoms with van der Waals surface area (Å²) in [4.78, 5) is 28.2. The average Bonchev–Trinajstić information content (AvgIpc) is 3.42. The molecular formula is C26H29N3O2S. The smallest absolute Gasteiger partial charge is 0.288 e. The predicted octanol–water partition coefficient (Wildman–Crippen LogP) is 5.17. The van der Waals surface area contributed by atoms with Crippen molar-refractivity contribution in [1.29, 1.82) is 0 Å². The van der Waals surface area contributed by atoms with Gasteiger partial charge in [0.15, 0.2) is 0 Å². The largest absolute Gasteiger partial charge is 0.295 e. The van der Waals surface area contributed by atoms with E-state index in [1.165, 1.54) is 24.8 Å². The highest BCUT2D eigenvalue weighted by atomic mass is 32.2. The van der Waals surface area contributed by atoms with E-state index in [0.29, 0.717) is 17.4 Å². The van der Waals surface area contributed by atoms with E-state index >= 15 is 0 Å². The molecule has 0 radical (unpaired) electrons. The Labute approximate surface area is 193 Å². The Bertz CT molecular complexity index is 1200. The second-order valence-corrected chi connectivity index (χ2v) is 9.96. The third-order valence-corrected chi connectivity index (χ3v) is 8.08. The number of benzene rings is 2. The summed E-state index contributed by atoms with van der Waals surface area (Å²) in [6.45, 7) is 4.16. The molecule has 5 rings (SSSR count). The second-order valence-electron chi connectivity index (χ2n) is 8.89. The maximum absolute atomic E-state index is 13.5. The molecule has 5 nitrogen and oxygen atoms in total. The van der Waals surface area contributed by atoms with Crippen molar-refractivity contribution in [2.24, 2.45) is 13.0 Å². The molecule has 3 unspecified atom stereocenters. The zero-order chi connectivity index (χ0) is 22.4. The van der Waals surface area contributed by atoms with Crippen LogP contribution in [0.1, 0.15) is 54.3 Å². The monoisotopic (exact) mass is 447 g/mol. The Morgan fingerprint density at radius 3 is 2.38 bits per heavy atom. The fourth-order valence-corrected chi connectivity index (χ4v) is 6.16. The van der Waals surface area contributed by atoms with Gasteiger partial charge in [0.25, 0.3) is 5.56 Å². The van der Waals surface area contributed by atoms with Crippen LogP contribution in [0.4, 0.5) is 5.69 Å². The minimum atomic E-state index is -0.180. The van der Waals surface area contributed by atoms with E-state index in [2.05, 4.69) is 31.2 Å². The number of rotatable bonds is 6. The van der Waals surface area contributed by atoms with Crippen LogP contribution >= 0.6 is 11.8 Å². The van der Waals surface area contributed by atoms with Gasteiger partial charge in [0.05, 0.1) is 17.1 Å². The summed E-state index contributed by atoms with van der Waals surface area (Å²) >= 11 is 1.59. The van der Waals surface area contributed by atoms with Gasteiger partial charge in [-0.25, -0.2) is 4.68 Å². The molecule has 6 heteroatoms. The van der Waals surface area contributed by atoms with Crippen molar-refractivity contribution in [3.05, 3.63) is 81.8 Å². The van der Waals surface area contributed by atoms with Crippen molar-refractivity contribution in [3.63, 3.8) is 0 Å². The SMILES string of the molecule is CCCC1CC1c1ccc(C2SCC(=O)N2c2c(C)n(C)n(-c3ccccc3)c2=O)cc1. The molecule has 0 bridgehead atoms. The Kier molecular flexibility index (Phi) is 5.49. The van der Waals surface area contributed by atoms with Crippen molar-refractivity contribution in [1.82, 2.24) is 9.36 Å². The molecule has 1 saturated heterocycles. The number of carbonyl (C=O) groups is 1. The number of anilines is 1. The summed E-state index contributed by atoms with van der Waals surface area (Å²) in [5, 5.41) is -0.180. The van der Waals surface area contributed by atoms with Crippen molar-refractivity contribution in [2.45, 2.75) is 44.4 Å². The highest BCUT2D eigenvalue weighted by Crippen LogP contribution is 2.50. The van der Waals surface area contributed by atoms with Crippen LogP contribution in [0.5, 0.6) is 0 Å². The molecule has 2 fully saturated rings. The maximum atomic E-state index is 13.5.